The van der Waals surface area contributed by atoms with E-state index in [1.54, 1.807) is 13.0 Å². The topological polar surface area (TPSA) is 123 Å². The second-order valence-electron chi connectivity index (χ2n) is 4.88. The third kappa shape index (κ3) is 4.98. The van der Waals surface area contributed by atoms with Crippen LogP contribution in [0.2, 0.25) is 0 Å². The Kier molecular flexibility index (Phi) is 6.39. The summed E-state index contributed by atoms with van der Waals surface area (Å²) < 4.78 is 4.63. The molecule has 0 unspecified atom stereocenters. The largest absolute Gasteiger partial charge is 0.535 e. The van der Waals surface area contributed by atoms with E-state index in [1.807, 2.05) is 42.5 Å². The highest BCUT2D eigenvalue weighted by atomic mass is 16.8. The molecule has 25 heavy (non-hydrogen) atoms. The summed E-state index contributed by atoms with van der Waals surface area (Å²) in [5.41, 5.74) is 17.5. The highest BCUT2D eigenvalue weighted by molar-refractivity contribution is 6.03. The zero-order valence-corrected chi connectivity index (χ0v) is 13.6. The summed E-state index contributed by atoms with van der Waals surface area (Å²) in [6.07, 6.45) is -0.912. The van der Waals surface area contributed by atoms with Crippen LogP contribution in [0.4, 0.5) is 4.79 Å². The zero-order valence-electron chi connectivity index (χ0n) is 13.6. The molecule has 0 spiro atoms. The molecule has 0 aliphatic carbocycles. The molecule has 128 valence electrons. The van der Waals surface area contributed by atoms with Gasteiger partial charge in [-0.2, -0.15) is 0 Å². The molecule has 0 heterocycles. The van der Waals surface area contributed by atoms with E-state index >= 15 is 0 Å². The van der Waals surface area contributed by atoms with Gasteiger partial charge in [-0.3, -0.25) is 4.84 Å². The van der Waals surface area contributed by atoms with Gasteiger partial charge < -0.3 is 10.5 Å². The van der Waals surface area contributed by atoms with Crippen molar-refractivity contribution in [2.75, 3.05) is 6.61 Å². The number of nitrogens with zero attached hydrogens (tertiary/aromatic N) is 4. The lowest BCUT2D eigenvalue weighted by molar-refractivity contribution is 0.0613. The third-order valence-corrected chi connectivity index (χ3v) is 3.27. The predicted octanol–water partition coefficient (Wildman–Crippen LogP) is 3.96. The molecule has 0 amide bonds. The minimum atomic E-state index is -0.912. The molecular formula is C17H17N5O3. The molecule has 0 bridgehead atoms. The second kappa shape index (κ2) is 8.95. The Bertz CT molecular complexity index is 811. The lowest BCUT2D eigenvalue weighted by Crippen LogP contribution is -2.16. The van der Waals surface area contributed by atoms with Gasteiger partial charge in [-0.25, -0.2) is 4.79 Å². The smallest absolute Gasteiger partial charge is 0.433 e. The molecule has 2 rings (SSSR count). The number of rotatable bonds is 6. The molecule has 8 nitrogen and oxygen atoms in total. The molecule has 0 aliphatic heterocycles. The SMILES string of the molecule is CCOC(=O)ON=C(N)c1ccccc1-c1ccc(CN=[N+]=[N-])cc1. The van der Waals surface area contributed by atoms with E-state index in [2.05, 4.69) is 24.8 Å². The highest BCUT2D eigenvalue weighted by Crippen LogP contribution is 2.24. The Morgan fingerprint density at radius 2 is 1.92 bits per heavy atom. The molecule has 0 radical (unpaired) electrons. The molecule has 0 saturated heterocycles. The van der Waals surface area contributed by atoms with Crippen molar-refractivity contribution < 1.29 is 14.4 Å². The van der Waals surface area contributed by atoms with E-state index in [4.69, 9.17) is 11.3 Å². The van der Waals surface area contributed by atoms with Gasteiger partial charge in [-0.15, -0.1) is 0 Å². The highest BCUT2D eigenvalue weighted by Gasteiger charge is 2.10. The van der Waals surface area contributed by atoms with Crippen LogP contribution >= 0.6 is 0 Å². The zero-order chi connectivity index (χ0) is 18.1. The first kappa shape index (κ1) is 17.8. The first-order valence-electron chi connectivity index (χ1n) is 7.52. The standard InChI is InChI=1S/C17H17N5O3/c1-2-24-17(23)25-21-16(18)15-6-4-3-5-14(15)13-9-7-12(8-10-13)11-20-22-19/h3-10H,2,11H2,1H3,(H2,18,21). The van der Waals surface area contributed by atoms with Crippen molar-refractivity contribution in [1.29, 1.82) is 0 Å². The van der Waals surface area contributed by atoms with E-state index in [-0.39, 0.29) is 19.0 Å². The molecule has 2 aromatic carbocycles. The van der Waals surface area contributed by atoms with Crippen molar-refractivity contribution >= 4 is 12.0 Å². The van der Waals surface area contributed by atoms with E-state index in [0.29, 0.717) is 5.56 Å². The molecule has 8 heteroatoms. The first-order valence-corrected chi connectivity index (χ1v) is 7.52. The predicted molar refractivity (Wildman–Crippen MR) is 93.6 cm³/mol. The maximum absolute atomic E-state index is 11.2. The number of amidine groups is 1. The molecular weight excluding hydrogens is 322 g/mol. The summed E-state index contributed by atoms with van der Waals surface area (Å²) in [5, 5.41) is 7.15. The normalized spacial score (nSPS) is 10.7. The van der Waals surface area contributed by atoms with Gasteiger partial charge in [0.05, 0.1) is 13.2 Å². The second-order valence-corrected chi connectivity index (χ2v) is 4.88. The Morgan fingerprint density at radius 3 is 2.60 bits per heavy atom. The Morgan fingerprint density at radius 1 is 1.20 bits per heavy atom. The van der Waals surface area contributed by atoms with Crippen molar-refractivity contribution in [3.05, 3.63) is 70.1 Å². The number of benzene rings is 2. The fraction of sp³-hybridized carbons (Fsp3) is 0.176. The van der Waals surface area contributed by atoms with Crippen LogP contribution < -0.4 is 5.73 Å². The van der Waals surface area contributed by atoms with Crippen LogP contribution in [0.3, 0.4) is 0 Å². The van der Waals surface area contributed by atoms with Crippen molar-refractivity contribution in [3.8, 4) is 11.1 Å². The van der Waals surface area contributed by atoms with Gasteiger partial charge in [0.15, 0.2) is 5.84 Å². The van der Waals surface area contributed by atoms with Crippen LogP contribution in [0.15, 0.2) is 58.8 Å². The van der Waals surface area contributed by atoms with E-state index in [9.17, 15) is 4.79 Å². The summed E-state index contributed by atoms with van der Waals surface area (Å²) >= 11 is 0. The average molecular weight is 339 g/mol. The van der Waals surface area contributed by atoms with Gasteiger partial charge in [-0.1, -0.05) is 58.8 Å². The fourth-order valence-electron chi connectivity index (χ4n) is 2.14. The van der Waals surface area contributed by atoms with Crippen LogP contribution in [-0.2, 0) is 16.1 Å². The van der Waals surface area contributed by atoms with Crippen molar-refractivity contribution in [3.63, 3.8) is 0 Å². The monoisotopic (exact) mass is 339 g/mol. The lowest BCUT2D eigenvalue weighted by atomic mass is 9.98. The van der Waals surface area contributed by atoms with Gasteiger partial charge >= 0.3 is 6.16 Å². The van der Waals surface area contributed by atoms with Crippen LogP contribution in [-0.4, -0.2) is 18.6 Å². The number of hydrogen-bond donors (Lipinski definition) is 1. The van der Waals surface area contributed by atoms with Crippen LogP contribution in [0.25, 0.3) is 21.6 Å². The van der Waals surface area contributed by atoms with Gasteiger partial charge in [0.1, 0.15) is 0 Å². The summed E-state index contributed by atoms with van der Waals surface area (Å²) in [6, 6.07) is 14.8. The van der Waals surface area contributed by atoms with Crippen molar-refractivity contribution in [2.45, 2.75) is 13.5 Å². The first-order chi connectivity index (χ1) is 12.2. The number of nitrogens with two attached hydrogens (primary N) is 1. The molecule has 0 aliphatic rings. The summed E-state index contributed by atoms with van der Waals surface area (Å²) in [6.45, 7) is 2.14. The average Bonchev–Trinajstić information content (AvgIpc) is 2.65. The number of oxime groups is 1. The van der Waals surface area contributed by atoms with Crippen LogP contribution in [0.5, 0.6) is 0 Å². The number of carbonyl (C=O) groups excluding carboxylic acids is 1. The minimum absolute atomic E-state index is 0.0572. The number of carbonyl (C=O) groups is 1. The van der Waals surface area contributed by atoms with E-state index in [0.717, 1.165) is 16.7 Å². The quantitative estimate of drug-likeness (QED) is 0.125. The summed E-state index contributed by atoms with van der Waals surface area (Å²) in [4.78, 5) is 18.6. The minimum Gasteiger partial charge on any atom is -0.433 e. The van der Waals surface area contributed by atoms with E-state index in [1.165, 1.54) is 0 Å². The van der Waals surface area contributed by atoms with Crippen LogP contribution in [0, 0.1) is 0 Å². The lowest BCUT2D eigenvalue weighted by Gasteiger charge is -2.09. The maximum atomic E-state index is 11.2. The summed E-state index contributed by atoms with van der Waals surface area (Å²) in [5.74, 6) is 0.0572. The van der Waals surface area contributed by atoms with Crippen molar-refractivity contribution in [2.24, 2.45) is 16.0 Å². The molecule has 2 N–H and O–H groups in total. The molecule has 0 atom stereocenters. The van der Waals surface area contributed by atoms with Gasteiger partial charge in [0.25, 0.3) is 0 Å². The van der Waals surface area contributed by atoms with Gasteiger partial charge in [0, 0.05) is 10.5 Å². The number of ether oxygens (including phenoxy) is 1. The third-order valence-electron chi connectivity index (χ3n) is 3.27. The van der Waals surface area contributed by atoms with E-state index < -0.39 is 6.16 Å². The maximum Gasteiger partial charge on any atom is 0.535 e. The Labute approximate surface area is 144 Å². The van der Waals surface area contributed by atoms with Crippen molar-refractivity contribution in [1.82, 2.24) is 0 Å². The Balaban J connectivity index is 2.26. The molecule has 0 aromatic heterocycles. The number of azide groups is 1. The molecule has 0 fully saturated rings. The Hall–Kier alpha value is -3.51. The van der Waals surface area contributed by atoms with Gasteiger partial charge in [0.2, 0.25) is 0 Å². The molecule has 2 aromatic rings. The summed E-state index contributed by atoms with van der Waals surface area (Å²) in [7, 11) is 0. The van der Waals surface area contributed by atoms with Gasteiger partial charge in [-0.05, 0) is 29.1 Å². The molecule has 0 saturated carbocycles. The fourth-order valence-corrected chi connectivity index (χ4v) is 2.14. The van der Waals surface area contributed by atoms with Crippen LogP contribution in [0.1, 0.15) is 18.1 Å². The number of hydrogen-bond acceptors (Lipinski definition) is 5.